The SMILES string of the molecule is O=C(O)c1cc(O)ccc1O.c1ccc2c(c1)[nH]c1cnccc12. The van der Waals surface area contributed by atoms with Crippen LogP contribution in [0.3, 0.4) is 0 Å². The van der Waals surface area contributed by atoms with Crippen LogP contribution in [0.15, 0.2) is 60.9 Å². The number of H-pyrrole nitrogens is 1. The Balaban J connectivity index is 0.000000144. The van der Waals surface area contributed by atoms with Gasteiger partial charge in [0.1, 0.15) is 17.1 Å². The third kappa shape index (κ3) is 2.98. The normalized spacial score (nSPS) is 10.3. The van der Waals surface area contributed by atoms with Crippen LogP contribution in [0, 0.1) is 0 Å². The number of carboxylic acid groups (broad SMARTS) is 1. The number of aromatic hydroxyl groups is 2. The summed E-state index contributed by atoms with van der Waals surface area (Å²) < 4.78 is 0. The monoisotopic (exact) mass is 322 g/mol. The molecule has 4 rings (SSSR count). The first-order valence-corrected chi connectivity index (χ1v) is 7.12. The maximum atomic E-state index is 10.3. The van der Waals surface area contributed by atoms with E-state index >= 15 is 0 Å². The van der Waals surface area contributed by atoms with E-state index < -0.39 is 5.97 Å². The highest BCUT2D eigenvalue weighted by molar-refractivity contribution is 6.06. The molecule has 2 aromatic heterocycles. The number of aromatic nitrogens is 2. The fourth-order valence-corrected chi connectivity index (χ4v) is 2.40. The lowest BCUT2D eigenvalue weighted by Crippen LogP contribution is -1.95. The van der Waals surface area contributed by atoms with Gasteiger partial charge < -0.3 is 20.3 Å². The molecule has 24 heavy (non-hydrogen) atoms. The minimum absolute atomic E-state index is 0.180. The van der Waals surface area contributed by atoms with Crippen LogP contribution in [0.5, 0.6) is 11.5 Å². The Hall–Kier alpha value is -3.54. The molecule has 6 nitrogen and oxygen atoms in total. The van der Waals surface area contributed by atoms with Crippen LogP contribution in [-0.4, -0.2) is 31.3 Å². The van der Waals surface area contributed by atoms with Crippen molar-refractivity contribution in [3.8, 4) is 11.5 Å². The standard InChI is InChI=1S/C11H8N2.C7H6O4/c1-2-4-10-8(3-1)9-5-6-12-7-11(9)13-10;8-4-1-2-6(9)5(3-4)7(10)11/h1-7,13H;1-3,8-9H,(H,10,11). The van der Waals surface area contributed by atoms with Crippen LogP contribution in [0.1, 0.15) is 10.4 Å². The quantitative estimate of drug-likeness (QED) is 0.401. The highest BCUT2D eigenvalue weighted by Crippen LogP contribution is 2.23. The van der Waals surface area contributed by atoms with Gasteiger partial charge in [0, 0.05) is 22.5 Å². The van der Waals surface area contributed by atoms with E-state index in [1.54, 1.807) is 0 Å². The van der Waals surface area contributed by atoms with Crippen molar-refractivity contribution in [2.45, 2.75) is 0 Å². The van der Waals surface area contributed by atoms with Gasteiger partial charge in [-0.25, -0.2) is 4.79 Å². The van der Waals surface area contributed by atoms with E-state index in [-0.39, 0.29) is 17.1 Å². The maximum absolute atomic E-state index is 10.3. The van der Waals surface area contributed by atoms with Crippen LogP contribution in [0.4, 0.5) is 0 Å². The number of nitrogens with one attached hydrogen (secondary N) is 1. The minimum atomic E-state index is -1.27. The number of pyridine rings is 1. The van der Waals surface area contributed by atoms with Gasteiger partial charge in [-0.2, -0.15) is 0 Å². The Bertz CT molecular complexity index is 974. The number of phenolic OH excluding ortho intramolecular Hbond substituents is 1. The molecule has 6 heteroatoms. The molecule has 4 aromatic rings. The van der Waals surface area contributed by atoms with Gasteiger partial charge in [0.15, 0.2) is 0 Å². The second-order valence-electron chi connectivity index (χ2n) is 5.10. The molecule has 0 aliphatic rings. The molecule has 0 unspecified atom stereocenters. The summed E-state index contributed by atoms with van der Waals surface area (Å²) in [6.45, 7) is 0. The number of aromatic amines is 1. The summed E-state index contributed by atoms with van der Waals surface area (Å²) in [7, 11) is 0. The Morgan fingerprint density at radius 3 is 2.46 bits per heavy atom. The van der Waals surface area contributed by atoms with E-state index in [9.17, 15) is 4.79 Å². The predicted molar refractivity (Wildman–Crippen MR) is 90.3 cm³/mol. The smallest absolute Gasteiger partial charge is 0.339 e. The van der Waals surface area contributed by atoms with Crippen molar-refractivity contribution in [2.24, 2.45) is 0 Å². The molecule has 2 aromatic carbocycles. The summed E-state index contributed by atoms with van der Waals surface area (Å²) in [5, 5.41) is 28.6. The molecule has 0 aliphatic carbocycles. The van der Waals surface area contributed by atoms with Crippen molar-refractivity contribution < 1.29 is 20.1 Å². The fourth-order valence-electron chi connectivity index (χ4n) is 2.40. The van der Waals surface area contributed by atoms with Crippen LogP contribution in [-0.2, 0) is 0 Å². The van der Waals surface area contributed by atoms with Gasteiger partial charge in [-0.05, 0) is 30.3 Å². The number of hydrogen-bond acceptors (Lipinski definition) is 4. The van der Waals surface area contributed by atoms with Crippen LogP contribution in [0.2, 0.25) is 0 Å². The number of carbonyl (C=O) groups is 1. The molecule has 0 fully saturated rings. The van der Waals surface area contributed by atoms with E-state index in [4.69, 9.17) is 15.3 Å². The number of rotatable bonds is 1. The number of benzene rings is 2. The first-order valence-electron chi connectivity index (χ1n) is 7.12. The van der Waals surface area contributed by atoms with Crippen molar-refractivity contribution in [2.75, 3.05) is 0 Å². The van der Waals surface area contributed by atoms with Crippen molar-refractivity contribution in [3.05, 3.63) is 66.5 Å². The molecule has 2 heterocycles. The van der Waals surface area contributed by atoms with Crippen LogP contribution < -0.4 is 0 Å². The molecular formula is C18H14N2O4. The zero-order valence-electron chi connectivity index (χ0n) is 12.5. The van der Waals surface area contributed by atoms with E-state index in [0.717, 1.165) is 17.6 Å². The Kier molecular flexibility index (Phi) is 4.03. The summed E-state index contributed by atoms with van der Waals surface area (Å²) in [4.78, 5) is 17.7. The third-order valence-corrected chi connectivity index (χ3v) is 3.52. The lowest BCUT2D eigenvalue weighted by molar-refractivity contribution is 0.0693. The van der Waals surface area contributed by atoms with Crippen LogP contribution >= 0.6 is 0 Å². The maximum Gasteiger partial charge on any atom is 0.339 e. The molecule has 0 amide bonds. The number of fused-ring (bicyclic) bond motifs is 3. The van der Waals surface area contributed by atoms with Gasteiger partial charge in [0.25, 0.3) is 0 Å². The Labute approximate surface area is 136 Å². The summed E-state index contributed by atoms with van der Waals surface area (Å²) >= 11 is 0. The van der Waals surface area contributed by atoms with E-state index in [1.807, 2.05) is 24.5 Å². The summed E-state index contributed by atoms with van der Waals surface area (Å²) in [6.07, 6.45) is 3.68. The molecule has 0 bridgehead atoms. The van der Waals surface area contributed by atoms with Gasteiger partial charge in [-0.15, -0.1) is 0 Å². The Morgan fingerprint density at radius 1 is 0.958 bits per heavy atom. The van der Waals surface area contributed by atoms with E-state index in [0.29, 0.717) is 0 Å². The zero-order valence-corrected chi connectivity index (χ0v) is 12.5. The van der Waals surface area contributed by atoms with Gasteiger partial charge in [-0.3, -0.25) is 4.98 Å². The molecule has 0 atom stereocenters. The molecule has 0 saturated heterocycles. The van der Waals surface area contributed by atoms with E-state index in [2.05, 4.69) is 28.2 Å². The number of phenols is 2. The first kappa shape index (κ1) is 15.4. The van der Waals surface area contributed by atoms with Gasteiger partial charge in [-0.1, -0.05) is 18.2 Å². The molecule has 0 aliphatic heterocycles. The number of hydrogen-bond donors (Lipinski definition) is 4. The van der Waals surface area contributed by atoms with Gasteiger partial charge >= 0.3 is 5.97 Å². The molecule has 0 saturated carbocycles. The van der Waals surface area contributed by atoms with E-state index in [1.165, 1.54) is 22.4 Å². The molecule has 4 N–H and O–H groups in total. The summed E-state index contributed by atoms with van der Waals surface area (Å²) in [5.74, 6) is -1.80. The predicted octanol–water partition coefficient (Wildman–Crippen LogP) is 3.51. The highest BCUT2D eigenvalue weighted by Gasteiger charge is 2.08. The molecule has 0 spiro atoms. The first-order chi connectivity index (χ1) is 11.6. The lowest BCUT2D eigenvalue weighted by atomic mass is 10.2. The molecule has 0 radical (unpaired) electrons. The molecular weight excluding hydrogens is 308 g/mol. The second kappa shape index (κ2) is 6.29. The summed E-state index contributed by atoms with van der Waals surface area (Å²) in [5.41, 5.74) is 1.97. The minimum Gasteiger partial charge on any atom is -0.508 e. The number of aromatic carboxylic acids is 1. The van der Waals surface area contributed by atoms with Crippen LogP contribution in [0.25, 0.3) is 21.8 Å². The topological polar surface area (TPSA) is 106 Å². The van der Waals surface area contributed by atoms with Crippen molar-refractivity contribution in [3.63, 3.8) is 0 Å². The number of carboxylic acids is 1. The van der Waals surface area contributed by atoms with Gasteiger partial charge in [0.2, 0.25) is 0 Å². The number of nitrogens with zero attached hydrogens (tertiary/aromatic N) is 1. The molecule has 120 valence electrons. The number of para-hydroxylation sites is 1. The summed E-state index contributed by atoms with van der Waals surface area (Å²) in [6, 6.07) is 13.6. The fraction of sp³-hybridized carbons (Fsp3) is 0. The average Bonchev–Trinajstić information content (AvgIpc) is 2.96. The van der Waals surface area contributed by atoms with Crippen molar-refractivity contribution in [1.29, 1.82) is 0 Å². The van der Waals surface area contributed by atoms with Crippen molar-refractivity contribution >= 4 is 27.8 Å². The lowest BCUT2D eigenvalue weighted by Gasteiger charge is -1.98. The third-order valence-electron chi connectivity index (χ3n) is 3.52. The second-order valence-corrected chi connectivity index (χ2v) is 5.10. The zero-order chi connectivity index (χ0) is 17.1. The van der Waals surface area contributed by atoms with Gasteiger partial charge in [0.05, 0.1) is 11.7 Å². The Morgan fingerprint density at radius 2 is 1.71 bits per heavy atom. The van der Waals surface area contributed by atoms with Crippen molar-refractivity contribution in [1.82, 2.24) is 9.97 Å². The highest BCUT2D eigenvalue weighted by atomic mass is 16.4. The average molecular weight is 322 g/mol. The largest absolute Gasteiger partial charge is 0.508 e.